The molecule has 78 valence electrons. The Morgan fingerprint density at radius 3 is 2.25 bits per heavy atom. The van der Waals surface area contributed by atoms with Crippen molar-refractivity contribution in [2.24, 2.45) is 0 Å². The lowest BCUT2D eigenvalue weighted by molar-refractivity contribution is 0.627. The summed E-state index contributed by atoms with van der Waals surface area (Å²) in [6, 6.07) is 13.4. The van der Waals surface area contributed by atoms with E-state index in [1.54, 1.807) is 18.2 Å². The molecule has 0 aliphatic heterocycles. The molecular weight excluding hydrogens is 201 g/mol. The van der Waals surface area contributed by atoms with Crippen LogP contribution in [0.4, 0.5) is 10.1 Å². The normalized spacial score (nSPS) is 9.31. The number of para-hydroxylation sites is 1. The van der Waals surface area contributed by atoms with Gasteiger partial charge in [-0.05, 0) is 36.4 Å². The topological polar surface area (TPSA) is 26.0 Å². The molecule has 0 unspecified atom stereocenters. The summed E-state index contributed by atoms with van der Waals surface area (Å²) in [5, 5.41) is 0. The molecule has 0 aromatic heterocycles. The van der Waals surface area contributed by atoms with Gasteiger partial charge in [-0.1, -0.05) is 24.0 Å². The molecule has 2 heteroatoms. The lowest BCUT2D eigenvalue weighted by Crippen LogP contribution is -1.88. The summed E-state index contributed by atoms with van der Waals surface area (Å²) in [5.74, 6) is 5.62. The molecule has 0 bridgehead atoms. The Morgan fingerprint density at radius 2 is 1.56 bits per heavy atom. The summed E-state index contributed by atoms with van der Waals surface area (Å²) < 4.78 is 12.6. The lowest BCUT2D eigenvalue weighted by atomic mass is 10.1. The van der Waals surface area contributed by atoms with Gasteiger partial charge >= 0.3 is 0 Å². The van der Waals surface area contributed by atoms with E-state index in [-0.39, 0.29) is 5.82 Å². The Morgan fingerprint density at radius 1 is 0.875 bits per heavy atom. The van der Waals surface area contributed by atoms with Gasteiger partial charge in [0, 0.05) is 16.8 Å². The number of nitrogen functional groups attached to an aromatic ring is 1. The van der Waals surface area contributed by atoms with E-state index in [4.69, 9.17) is 5.73 Å². The van der Waals surface area contributed by atoms with Crippen molar-refractivity contribution < 1.29 is 4.39 Å². The Kier molecular flexibility index (Phi) is 2.88. The fraction of sp³-hybridized carbons (Fsp3) is 0. The summed E-state index contributed by atoms with van der Waals surface area (Å²) in [4.78, 5) is 0. The molecule has 1 nitrogen and oxygen atoms in total. The Labute approximate surface area is 93.7 Å². The summed E-state index contributed by atoms with van der Waals surface area (Å²) in [5.41, 5.74) is 7.95. The van der Waals surface area contributed by atoms with Crippen LogP contribution in [-0.4, -0.2) is 0 Å². The minimum Gasteiger partial charge on any atom is -0.398 e. The molecule has 0 heterocycles. The summed E-state index contributed by atoms with van der Waals surface area (Å²) in [6.07, 6.45) is 0. The van der Waals surface area contributed by atoms with E-state index in [0.29, 0.717) is 5.69 Å². The zero-order chi connectivity index (χ0) is 11.4. The first kappa shape index (κ1) is 10.3. The van der Waals surface area contributed by atoms with E-state index in [9.17, 15) is 4.39 Å². The van der Waals surface area contributed by atoms with Crippen LogP contribution in [0.15, 0.2) is 48.5 Å². The number of rotatable bonds is 0. The first-order valence-electron chi connectivity index (χ1n) is 4.88. The molecule has 0 spiro atoms. The fourth-order valence-electron chi connectivity index (χ4n) is 1.28. The van der Waals surface area contributed by atoms with Gasteiger partial charge < -0.3 is 5.73 Å². The van der Waals surface area contributed by atoms with Crippen LogP contribution in [0.3, 0.4) is 0 Å². The molecule has 0 saturated carbocycles. The van der Waals surface area contributed by atoms with Crippen molar-refractivity contribution in [1.82, 2.24) is 0 Å². The number of benzene rings is 2. The van der Waals surface area contributed by atoms with E-state index in [1.165, 1.54) is 12.1 Å². The maximum Gasteiger partial charge on any atom is 0.123 e. The predicted octanol–water partition coefficient (Wildman–Crippen LogP) is 2.81. The smallest absolute Gasteiger partial charge is 0.123 e. The number of anilines is 1. The van der Waals surface area contributed by atoms with Crippen molar-refractivity contribution in [2.75, 3.05) is 5.73 Å². The van der Waals surface area contributed by atoms with E-state index in [2.05, 4.69) is 11.8 Å². The van der Waals surface area contributed by atoms with Gasteiger partial charge in [0.1, 0.15) is 5.82 Å². The Bertz CT molecular complexity index is 547. The van der Waals surface area contributed by atoms with Crippen molar-refractivity contribution in [2.45, 2.75) is 0 Å². The molecule has 0 saturated heterocycles. The van der Waals surface area contributed by atoms with Crippen LogP contribution in [0.2, 0.25) is 0 Å². The van der Waals surface area contributed by atoms with Crippen LogP contribution in [-0.2, 0) is 0 Å². The SMILES string of the molecule is Nc1ccccc1C#Cc1ccc(F)cc1. The van der Waals surface area contributed by atoms with Crippen molar-refractivity contribution >= 4 is 5.69 Å². The molecule has 0 atom stereocenters. The zero-order valence-electron chi connectivity index (χ0n) is 8.57. The number of nitrogens with two attached hydrogens (primary N) is 1. The molecule has 16 heavy (non-hydrogen) atoms. The number of halogens is 1. The van der Waals surface area contributed by atoms with Gasteiger partial charge in [0.2, 0.25) is 0 Å². The second-order valence-electron chi connectivity index (χ2n) is 3.34. The van der Waals surface area contributed by atoms with Gasteiger partial charge in [0.15, 0.2) is 0 Å². The van der Waals surface area contributed by atoms with Crippen molar-refractivity contribution in [3.8, 4) is 11.8 Å². The molecule has 0 fully saturated rings. The third-order valence-corrected chi connectivity index (χ3v) is 2.15. The summed E-state index contributed by atoms with van der Waals surface area (Å²) in [7, 11) is 0. The van der Waals surface area contributed by atoms with Crippen LogP contribution < -0.4 is 5.73 Å². The van der Waals surface area contributed by atoms with Crippen LogP contribution in [0.25, 0.3) is 0 Å². The maximum absolute atomic E-state index is 12.6. The average Bonchev–Trinajstić information content (AvgIpc) is 2.30. The van der Waals surface area contributed by atoms with Crippen molar-refractivity contribution in [1.29, 1.82) is 0 Å². The molecule has 2 N–H and O–H groups in total. The quantitative estimate of drug-likeness (QED) is 0.526. The molecule has 0 aliphatic carbocycles. The Balaban J connectivity index is 2.29. The van der Waals surface area contributed by atoms with Crippen LogP contribution in [0, 0.1) is 17.7 Å². The number of hydrogen-bond donors (Lipinski definition) is 1. The van der Waals surface area contributed by atoms with E-state index in [1.807, 2.05) is 18.2 Å². The average molecular weight is 211 g/mol. The lowest BCUT2D eigenvalue weighted by Gasteiger charge is -1.95. The van der Waals surface area contributed by atoms with Gasteiger partial charge in [-0.3, -0.25) is 0 Å². The van der Waals surface area contributed by atoms with E-state index < -0.39 is 0 Å². The molecule has 2 aromatic rings. The molecule has 2 aromatic carbocycles. The minimum atomic E-state index is -0.259. The highest BCUT2D eigenvalue weighted by atomic mass is 19.1. The van der Waals surface area contributed by atoms with E-state index in [0.717, 1.165) is 11.1 Å². The highest BCUT2D eigenvalue weighted by Gasteiger charge is 1.92. The third kappa shape index (κ3) is 2.40. The largest absolute Gasteiger partial charge is 0.398 e. The highest BCUT2D eigenvalue weighted by molar-refractivity contribution is 5.57. The third-order valence-electron chi connectivity index (χ3n) is 2.15. The maximum atomic E-state index is 12.6. The van der Waals surface area contributed by atoms with Gasteiger partial charge in [-0.25, -0.2) is 4.39 Å². The Hall–Kier alpha value is -2.27. The molecule has 2 rings (SSSR count). The van der Waals surface area contributed by atoms with E-state index >= 15 is 0 Å². The zero-order valence-corrected chi connectivity index (χ0v) is 8.57. The van der Waals surface area contributed by atoms with Gasteiger partial charge in [0.25, 0.3) is 0 Å². The second-order valence-corrected chi connectivity index (χ2v) is 3.34. The second kappa shape index (κ2) is 4.50. The minimum absolute atomic E-state index is 0.259. The van der Waals surface area contributed by atoms with Crippen LogP contribution >= 0.6 is 0 Å². The van der Waals surface area contributed by atoms with Crippen molar-refractivity contribution in [3.63, 3.8) is 0 Å². The first-order chi connectivity index (χ1) is 7.75. The summed E-state index contributed by atoms with van der Waals surface area (Å²) in [6.45, 7) is 0. The summed E-state index contributed by atoms with van der Waals surface area (Å²) >= 11 is 0. The fourth-order valence-corrected chi connectivity index (χ4v) is 1.28. The van der Waals surface area contributed by atoms with Gasteiger partial charge in [-0.2, -0.15) is 0 Å². The molecule has 0 aliphatic rings. The molecular formula is C14H10FN. The standard InChI is InChI=1S/C14H10FN/c15-13-9-6-11(7-10-13)5-8-12-3-1-2-4-14(12)16/h1-4,6-7,9-10H,16H2. The molecule has 0 amide bonds. The van der Waals surface area contributed by atoms with Gasteiger partial charge in [0.05, 0.1) is 0 Å². The molecule has 0 radical (unpaired) electrons. The first-order valence-corrected chi connectivity index (χ1v) is 4.88. The monoisotopic (exact) mass is 211 g/mol. The van der Waals surface area contributed by atoms with Gasteiger partial charge in [-0.15, -0.1) is 0 Å². The highest BCUT2D eigenvalue weighted by Crippen LogP contribution is 2.09. The van der Waals surface area contributed by atoms with Crippen LogP contribution in [0.5, 0.6) is 0 Å². The predicted molar refractivity (Wildman–Crippen MR) is 63.2 cm³/mol. The van der Waals surface area contributed by atoms with Crippen molar-refractivity contribution in [3.05, 3.63) is 65.5 Å². The number of hydrogen-bond acceptors (Lipinski definition) is 1. The van der Waals surface area contributed by atoms with Crippen LogP contribution in [0.1, 0.15) is 11.1 Å².